The fourth-order valence-electron chi connectivity index (χ4n) is 1.76. The number of anilines is 1. The van der Waals surface area contributed by atoms with E-state index in [2.05, 4.69) is 17.9 Å². The molecule has 0 aliphatic carbocycles. The highest BCUT2D eigenvalue weighted by Gasteiger charge is 2.18. The second kappa shape index (κ2) is 6.19. The highest BCUT2D eigenvalue weighted by Crippen LogP contribution is 2.32. The van der Waals surface area contributed by atoms with E-state index in [0.717, 1.165) is 12.2 Å². The summed E-state index contributed by atoms with van der Waals surface area (Å²) in [6.45, 7) is 5.22. The van der Waals surface area contributed by atoms with Crippen LogP contribution in [-0.4, -0.2) is 24.4 Å². The van der Waals surface area contributed by atoms with Crippen molar-refractivity contribution in [2.45, 2.75) is 25.5 Å². The number of ether oxygens (including phenoxy) is 2. The molecule has 1 unspecified atom stereocenters. The molecule has 0 bridgehead atoms. The summed E-state index contributed by atoms with van der Waals surface area (Å²) in [5.74, 6) is 1.48. The lowest BCUT2D eigenvalue weighted by Gasteiger charge is -2.15. The minimum absolute atomic E-state index is 0.104. The summed E-state index contributed by atoms with van der Waals surface area (Å²) in [5.41, 5.74) is 0.703. The lowest BCUT2D eigenvalue weighted by Crippen LogP contribution is -2.27. The number of hydrogen-bond donors (Lipinski definition) is 2. The van der Waals surface area contributed by atoms with E-state index in [1.807, 2.05) is 26.0 Å². The van der Waals surface area contributed by atoms with Crippen LogP contribution in [0.25, 0.3) is 0 Å². The molecule has 5 heteroatoms. The molecule has 19 heavy (non-hydrogen) atoms. The highest BCUT2D eigenvalue weighted by atomic mass is 32.1. The largest absolute Gasteiger partial charge is 0.490 e. The van der Waals surface area contributed by atoms with Gasteiger partial charge in [-0.15, -0.1) is 0 Å². The van der Waals surface area contributed by atoms with Crippen molar-refractivity contribution in [2.24, 2.45) is 5.92 Å². The van der Waals surface area contributed by atoms with Crippen LogP contribution in [0.2, 0.25) is 0 Å². The summed E-state index contributed by atoms with van der Waals surface area (Å²) in [5, 5.41) is 2.52. The first-order valence-electron chi connectivity index (χ1n) is 6.46. The molecule has 0 saturated heterocycles. The van der Waals surface area contributed by atoms with E-state index in [1.54, 1.807) is 6.07 Å². The Morgan fingerprint density at radius 2 is 1.95 bits per heavy atom. The third-order valence-electron chi connectivity index (χ3n) is 2.92. The van der Waals surface area contributed by atoms with Crippen LogP contribution in [0.5, 0.6) is 11.5 Å². The Morgan fingerprint density at radius 3 is 2.63 bits per heavy atom. The van der Waals surface area contributed by atoms with E-state index in [1.165, 1.54) is 0 Å². The Balaban J connectivity index is 2.09. The van der Waals surface area contributed by atoms with Crippen molar-refractivity contribution in [2.75, 3.05) is 18.5 Å². The van der Waals surface area contributed by atoms with Gasteiger partial charge in [0.2, 0.25) is 5.91 Å². The highest BCUT2D eigenvalue weighted by molar-refractivity contribution is 7.81. The number of thiol groups is 1. The van der Waals surface area contributed by atoms with Crippen molar-refractivity contribution in [3.63, 3.8) is 0 Å². The zero-order valence-electron chi connectivity index (χ0n) is 11.2. The molecule has 0 fully saturated rings. The van der Waals surface area contributed by atoms with Crippen LogP contribution in [0.1, 0.15) is 20.3 Å². The van der Waals surface area contributed by atoms with Gasteiger partial charge in [-0.25, -0.2) is 0 Å². The van der Waals surface area contributed by atoms with Gasteiger partial charge in [-0.3, -0.25) is 4.79 Å². The molecule has 1 N–H and O–H groups in total. The molecule has 1 atom stereocenters. The average Bonchev–Trinajstić information content (AvgIpc) is 2.62. The van der Waals surface area contributed by atoms with Gasteiger partial charge in [0.15, 0.2) is 11.5 Å². The van der Waals surface area contributed by atoms with Crippen LogP contribution >= 0.6 is 12.6 Å². The van der Waals surface area contributed by atoms with Crippen molar-refractivity contribution in [3.8, 4) is 11.5 Å². The van der Waals surface area contributed by atoms with Gasteiger partial charge in [-0.1, -0.05) is 13.8 Å². The second-order valence-electron chi connectivity index (χ2n) is 4.89. The Hall–Kier alpha value is -1.36. The molecule has 104 valence electrons. The molecule has 1 aromatic carbocycles. The zero-order chi connectivity index (χ0) is 13.8. The average molecular weight is 281 g/mol. The molecule has 1 aliphatic heterocycles. The van der Waals surface area contributed by atoms with E-state index in [4.69, 9.17) is 9.47 Å². The summed E-state index contributed by atoms with van der Waals surface area (Å²) in [6.07, 6.45) is 0.864. The third kappa shape index (κ3) is 3.56. The first-order valence-corrected chi connectivity index (χ1v) is 6.98. The summed E-state index contributed by atoms with van der Waals surface area (Å²) >= 11 is 4.30. The maximum Gasteiger partial charge on any atom is 0.237 e. The van der Waals surface area contributed by atoms with Crippen molar-refractivity contribution in [3.05, 3.63) is 18.2 Å². The van der Waals surface area contributed by atoms with Crippen LogP contribution in [0, 0.1) is 5.92 Å². The number of nitrogens with one attached hydrogen (secondary N) is 1. The number of benzene rings is 1. The number of rotatable bonds is 3. The lowest BCUT2D eigenvalue weighted by molar-refractivity contribution is -0.116. The van der Waals surface area contributed by atoms with E-state index in [-0.39, 0.29) is 17.1 Å². The van der Waals surface area contributed by atoms with Crippen molar-refractivity contribution in [1.29, 1.82) is 0 Å². The summed E-state index contributed by atoms with van der Waals surface area (Å²) in [6, 6.07) is 5.42. The molecule has 0 radical (unpaired) electrons. The molecule has 1 amide bonds. The van der Waals surface area contributed by atoms with Gasteiger partial charge in [-0.05, 0) is 18.1 Å². The molecule has 1 aromatic rings. The first-order chi connectivity index (χ1) is 9.08. The van der Waals surface area contributed by atoms with E-state index < -0.39 is 0 Å². The molecule has 0 aromatic heterocycles. The number of fused-ring (bicyclic) bond motifs is 1. The predicted octanol–water partition coefficient (Wildman–Crippen LogP) is 2.74. The van der Waals surface area contributed by atoms with Gasteiger partial charge in [0, 0.05) is 18.2 Å². The molecule has 1 aliphatic rings. The van der Waals surface area contributed by atoms with Crippen LogP contribution < -0.4 is 14.8 Å². The summed E-state index contributed by atoms with van der Waals surface area (Å²) in [7, 11) is 0. The van der Waals surface area contributed by atoms with E-state index >= 15 is 0 Å². The smallest absolute Gasteiger partial charge is 0.237 e. The van der Waals surface area contributed by atoms with E-state index in [0.29, 0.717) is 24.7 Å². The molecule has 0 spiro atoms. The predicted molar refractivity (Wildman–Crippen MR) is 78.3 cm³/mol. The molecule has 2 rings (SSSR count). The Morgan fingerprint density at radius 1 is 1.26 bits per heavy atom. The second-order valence-corrected chi connectivity index (χ2v) is 5.45. The Bertz CT molecular complexity index is 462. The Labute approximate surface area is 118 Å². The maximum atomic E-state index is 11.9. The number of amides is 1. The lowest BCUT2D eigenvalue weighted by atomic mass is 10.1. The quantitative estimate of drug-likeness (QED) is 0.838. The van der Waals surface area contributed by atoms with Crippen molar-refractivity contribution in [1.82, 2.24) is 0 Å². The van der Waals surface area contributed by atoms with Gasteiger partial charge in [0.1, 0.15) is 0 Å². The standard InChI is InChI=1S/C14H19NO3S/c1-9(2)13(19)14(16)15-10-4-5-11-12(8-10)18-7-3-6-17-11/h4-5,8-9,13,19H,3,6-7H2,1-2H3,(H,15,16). The van der Waals surface area contributed by atoms with Gasteiger partial charge in [0.05, 0.1) is 18.5 Å². The maximum absolute atomic E-state index is 11.9. The number of carbonyl (C=O) groups excluding carboxylic acids is 1. The van der Waals surface area contributed by atoms with E-state index in [9.17, 15) is 4.79 Å². The zero-order valence-corrected chi connectivity index (χ0v) is 12.1. The number of carbonyl (C=O) groups is 1. The minimum Gasteiger partial charge on any atom is -0.490 e. The van der Waals surface area contributed by atoms with Crippen LogP contribution in [0.4, 0.5) is 5.69 Å². The Kier molecular flexibility index (Phi) is 4.58. The summed E-state index contributed by atoms with van der Waals surface area (Å²) in [4.78, 5) is 11.9. The summed E-state index contributed by atoms with van der Waals surface area (Å²) < 4.78 is 11.1. The molecule has 1 heterocycles. The minimum atomic E-state index is -0.323. The molecule has 4 nitrogen and oxygen atoms in total. The third-order valence-corrected chi connectivity index (χ3v) is 3.75. The van der Waals surface area contributed by atoms with Crippen molar-refractivity contribution < 1.29 is 14.3 Å². The van der Waals surface area contributed by atoms with Gasteiger partial charge < -0.3 is 14.8 Å². The van der Waals surface area contributed by atoms with Crippen LogP contribution in [0.15, 0.2) is 18.2 Å². The van der Waals surface area contributed by atoms with Gasteiger partial charge in [-0.2, -0.15) is 12.6 Å². The number of hydrogen-bond acceptors (Lipinski definition) is 4. The molecular formula is C14H19NO3S. The van der Waals surface area contributed by atoms with Crippen molar-refractivity contribution >= 4 is 24.2 Å². The topological polar surface area (TPSA) is 47.6 Å². The van der Waals surface area contributed by atoms with Gasteiger partial charge >= 0.3 is 0 Å². The first kappa shape index (κ1) is 14.1. The van der Waals surface area contributed by atoms with Crippen LogP contribution in [-0.2, 0) is 4.79 Å². The van der Waals surface area contributed by atoms with Crippen LogP contribution in [0.3, 0.4) is 0 Å². The fourth-order valence-corrected chi connectivity index (χ4v) is 1.82. The van der Waals surface area contributed by atoms with Gasteiger partial charge in [0.25, 0.3) is 0 Å². The monoisotopic (exact) mass is 281 g/mol. The SMILES string of the molecule is CC(C)C(S)C(=O)Nc1ccc2c(c1)OCCCO2. The normalized spacial score (nSPS) is 15.8. The molecule has 0 saturated carbocycles. The fraction of sp³-hybridized carbons (Fsp3) is 0.500. The molecular weight excluding hydrogens is 262 g/mol.